The summed E-state index contributed by atoms with van der Waals surface area (Å²) in [5, 5.41) is 7.60. The number of aromatic amines is 1. The molecule has 1 aromatic carbocycles. The number of allylic oxidation sites excluding steroid dienone is 3. The second kappa shape index (κ2) is 7.23. The fourth-order valence-corrected chi connectivity index (χ4v) is 2.95. The first-order valence-electron chi connectivity index (χ1n) is 7.81. The molecule has 1 aliphatic rings. The first-order chi connectivity index (χ1) is 12.1. The number of anilines is 2. The predicted molar refractivity (Wildman–Crippen MR) is 108 cm³/mol. The molecule has 3 N–H and O–H groups in total. The molecular formula is C19H16Cl2N4O. The third kappa shape index (κ3) is 3.31. The van der Waals surface area contributed by atoms with E-state index in [4.69, 9.17) is 11.6 Å². The molecule has 2 aromatic heterocycles. The van der Waals surface area contributed by atoms with Gasteiger partial charge in [0.2, 0.25) is 0 Å². The first kappa shape index (κ1) is 18.0. The summed E-state index contributed by atoms with van der Waals surface area (Å²) in [6.07, 6.45) is 9.04. The highest BCUT2D eigenvalue weighted by molar-refractivity contribution is 6.30. The van der Waals surface area contributed by atoms with Crippen molar-refractivity contribution in [3.63, 3.8) is 0 Å². The van der Waals surface area contributed by atoms with Gasteiger partial charge >= 0.3 is 0 Å². The summed E-state index contributed by atoms with van der Waals surface area (Å²) in [6, 6.07) is 7.40. The van der Waals surface area contributed by atoms with Crippen LogP contribution in [-0.4, -0.2) is 15.9 Å². The maximum absolute atomic E-state index is 12.5. The van der Waals surface area contributed by atoms with E-state index in [0.29, 0.717) is 16.4 Å². The van der Waals surface area contributed by atoms with Gasteiger partial charge in [-0.25, -0.2) is 4.98 Å². The van der Waals surface area contributed by atoms with Crippen LogP contribution in [-0.2, 0) is 0 Å². The lowest BCUT2D eigenvalue weighted by Gasteiger charge is -2.12. The Balaban J connectivity index is 0.00000196. The van der Waals surface area contributed by atoms with Gasteiger partial charge in [0.15, 0.2) is 5.82 Å². The average molecular weight is 387 g/mol. The molecule has 2 heterocycles. The van der Waals surface area contributed by atoms with Crippen LogP contribution < -0.4 is 10.6 Å². The number of halogens is 2. The van der Waals surface area contributed by atoms with Crippen LogP contribution in [0.2, 0.25) is 5.02 Å². The number of nitrogens with zero attached hydrogens (tertiary/aromatic N) is 1. The Hall–Kier alpha value is -2.76. The van der Waals surface area contributed by atoms with Gasteiger partial charge in [-0.3, -0.25) is 4.79 Å². The second-order valence-electron chi connectivity index (χ2n) is 5.81. The summed E-state index contributed by atoms with van der Waals surface area (Å²) >= 11 is 6.04. The van der Waals surface area contributed by atoms with E-state index >= 15 is 0 Å². The number of H-pyrrole nitrogens is 1. The SMILES string of the molecule is Cc1c[nH]c2c(Nc3cccc(Cl)c3)ncc(C(=O)NC3=CC=C3)c12.Cl. The molecule has 0 saturated heterocycles. The zero-order valence-corrected chi connectivity index (χ0v) is 15.4. The number of carbonyl (C=O) groups is 1. The molecular weight excluding hydrogens is 371 g/mol. The minimum Gasteiger partial charge on any atom is -0.358 e. The molecule has 1 amide bonds. The van der Waals surface area contributed by atoms with Crippen molar-refractivity contribution in [1.82, 2.24) is 15.3 Å². The number of aryl methyl sites for hydroxylation is 1. The van der Waals surface area contributed by atoms with E-state index in [1.165, 1.54) is 0 Å². The minimum absolute atomic E-state index is 0. The number of amides is 1. The van der Waals surface area contributed by atoms with Crippen molar-refractivity contribution in [2.75, 3.05) is 5.32 Å². The van der Waals surface area contributed by atoms with E-state index in [1.807, 2.05) is 55.6 Å². The zero-order valence-electron chi connectivity index (χ0n) is 13.8. The van der Waals surface area contributed by atoms with Gasteiger partial charge in [-0.2, -0.15) is 0 Å². The van der Waals surface area contributed by atoms with Gasteiger partial charge in [-0.15, -0.1) is 12.4 Å². The van der Waals surface area contributed by atoms with Gasteiger partial charge < -0.3 is 15.6 Å². The molecule has 0 bridgehead atoms. The first-order valence-corrected chi connectivity index (χ1v) is 8.18. The number of benzene rings is 1. The van der Waals surface area contributed by atoms with Gasteiger partial charge in [0.1, 0.15) is 0 Å². The quantitative estimate of drug-likeness (QED) is 0.598. The predicted octanol–water partition coefficient (Wildman–Crippen LogP) is 4.87. The third-order valence-electron chi connectivity index (χ3n) is 4.05. The summed E-state index contributed by atoms with van der Waals surface area (Å²) in [6.45, 7) is 1.96. The normalized spacial score (nSPS) is 12.2. The standard InChI is InChI=1S/C19H15ClN4O.ClH/c1-11-9-21-17-16(11)15(19(25)24-13-5-3-6-13)10-22-18(17)23-14-7-2-4-12(20)8-14;/h2-10,21H,1H3,(H,22,23)(H,24,25);1H. The number of nitrogens with one attached hydrogen (secondary N) is 3. The van der Waals surface area contributed by atoms with Crippen LogP contribution >= 0.6 is 24.0 Å². The topological polar surface area (TPSA) is 69.8 Å². The largest absolute Gasteiger partial charge is 0.358 e. The molecule has 0 unspecified atom stereocenters. The number of pyridine rings is 1. The van der Waals surface area contributed by atoms with E-state index in [2.05, 4.69) is 20.6 Å². The lowest BCUT2D eigenvalue weighted by molar-refractivity contribution is 0.0968. The number of aromatic nitrogens is 2. The van der Waals surface area contributed by atoms with Gasteiger partial charge in [0.05, 0.1) is 11.1 Å². The summed E-state index contributed by atoms with van der Waals surface area (Å²) in [5.74, 6) is 0.467. The van der Waals surface area contributed by atoms with Crippen molar-refractivity contribution < 1.29 is 4.79 Å². The fourth-order valence-electron chi connectivity index (χ4n) is 2.76. The van der Waals surface area contributed by atoms with Crippen molar-refractivity contribution in [1.29, 1.82) is 0 Å². The molecule has 0 spiro atoms. The highest BCUT2D eigenvalue weighted by atomic mass is 35.5. The highest BCUT2D eigenvalue weighted by Gasteiger charge is 2.18. The van der Waals surface area contributed by atoms with Crippen LogP contribution in [0.3, 0.4) is 0 Å². The Morgan fingerprint density at radius 2 is 2.12 bits per heavy atom. The Morgan fingerprint density at radius 1 is 1.31 bits per heavy atom. The van der Waals surface area contributed by atoms with Crippen LogP contribution in [0.4, 0.5) is 11.5 Å². The third-order valence-corrected chi connectivity index (χ3v) is 4.28. The molecule has 0 atom stereocenters. The molecule has 0 fully saturated rings. The Morgan fingerprint density at radius 3 is 2.81 bits per heavy atom. The maximum atomic E-state index is 12.5. The lowest BCUT2D eigenvalue weighted by atomic mass is 10.1. The molecule has 0 aliphatic heterocycles. The molecule has 5 nitrogen and oxygen atoms in total. The van der Waals surface area contributed by atoms with Gasteiger partial charge in [-0.1, -0.05) is 23.7 Å². The van der Waals surface area contributed by atoms with Gasteiger partial charge in [0.25, 0.3) is 5.91 Å². The summed E-state index contributed by atoms with van der Waals surface area (Å²) < 4.78 is 0. The Labute approximate surface area is 161 Å². The summed E-state index contributed by atoms with van der Waals surface area (Å²) in [7, 11) is 0. The van der Waals surface area contributed by atoms with Crippen molar-refractivity contribution in [2.45, 2.75) is 6.92 Å². The molecule has 0 saturated carbocycles. The van der Waals surface area contributed by atoms with E-state index in [1.54, 1.807) is 6.20 Å². The van der Waals surface area contributed by atoms with Crippen molar-refractivity contribution in [3.8, 4) is 0 Å². The van der Waals surface area contributed by atoms with Crippen LogP contribution in [0.1, 0.15) is 15.9 Å². The number of carbonyl (C=O) groups excluding carboxylic acids is 1. The summed E-state index contributed by atoms with van der Waals surface area (Å²) in [5.41, 5.74) is 3.92. The number of fused-ring (bicyclic) bond motifs is 1. The zero-order chi connectivity index (χ0) is 17.4. The number of rotatable bonds is 4. The number of hydrogen-bond acceptors (Lipinski definition) is 3. The van der Waals surface area contributed by atoms with E-state index in [0.717, 1.165) is 27.9 Å². The van der Waals surface area contributed by atoms with Crippen LogP contribution in [0.25, 0.3) is 10.9 Å². The minimum atomic E-state index is -0.176. The average Bonchev–Trinajstić information content (AvgIpc) is 2.94. The van der Waals surface area contributed by atoms with Gasteiger partial charge in [-0.05, 0) is 42.8 Å². The molecule has 7 heteroatoms. The Kier molecular flexibility index (Phi) is 5.02. The van der Waals surface area contributed by atoms with Crippen molar-refractivity contribution in [3.05, 3.63) is 76.7 Å². The van der Waals surface area contributed by atoms with Crippen molar-refractivity contribution in [2.24, 2.45) is 0 Å². The second-order valence-corrected chi connectivity index (χ2v) is 6.25. The van der Waals surface area contributed by atoms with Crippen molar-refractivity contribution >= 4 is 52.3 Å². The molecule has 4 rings (SSSR count). The molecule has 3 aromatic rings. The lowest BCUT2D eigenvalue weighted by Crippen LogP contribution is -2.23. The molecule has 0 radical (unpaired) electrons. The highest BCUT2D eigenvalue weighted by Crippen LogP contribution is 2.29. The molecule has 1 aliphatic carbocycles. The van der Waals surface area contributed by atoms with Crippen LogP contribution in [0, 0.1) is 6.92 Å². The fraction of sp³-hybridized carbons (Fsp3) is 0.0526. The van der Waals surface area contributed by atoms with E-state index in [9.17, 15) is 4.79 Å². The van der Waals surface area contributed by atoms with E-state index < -0.39 is 0 Å². The maximum Gasteiger partial charge on any atom is 0.257 e. The molecule has 26 heavy (non-hydrogen) atoms. The summed E-state index contributed by atoms with van der Waals surface area (Å²) in [4.78, 5) is 20.2. The smallest absolute Gasteiger partial charge is 0.257 e. The Bertz CT molecular complexity index is 1050. The molecule has 132 valence electrons. The van der Waals surface area contributed by atoms with E-state index in [-0.39, 0.29) is 18.3 Å². The number of hydrogen-bond donors (Lipinski definition) is 3. The van der Waals surface area contributed by atoms with Crippen LogP contribution in [0.5, 0.6) is 0 Å². The monoisotopic (exact) mass is 386 g/mol. The van der Waals surface area contributed by atoms with Crippen LogP contribution in [0.15, 0.2) is 60.6 Å². The van der Waals surface area contributed by atoms with Gasteiger partial charge in [0, 0.05) is 34.2 Å².